The molecule has 0 saturated heterocycles. The topological polar surface area (TPSA) is 42.8 Å². The molecule has 0 spiro atoms. The SMILES string of the molecule is C[NH+](CCOc1ccccc1)CC(=O)Nc1ccc(Cl)cc1F. The second-order valence-electron chi connectivity index (χ2n) is 5.22. The number of amides is 1. The number of hydrogen-bond acceptors (Lipinski definition) is 2. The molecule has 23 heavy (non-hydrogen) atoms. The lowest BCUT2D eigenvalue weighted by atomic mass is 10.3. The summed E-state index contributed by atoms with van der Waals surface area (Å²) in [4.78, 5) is 12.9. The molecule has 1 amide bonds. The number of carbonyl (C=O) groups is 1. The first kappa shape index (κ1) is 17.2. The van der Waals surface area contributed by atoms with Crippen molar-refractivity contribution in [3.8, 4) is 5.75 Å². The largest absolute Gasteiger partial charge is 0.488 e. The summed E-state index contributed by atoms with van der Waals surface area (Å²) >= 11 is 5.67. The zero-order chi connectivity index (χ0) is 16.7. The lowest BCUT2D eigenvalue weighted by Gasteiger charge is -2.14. The number of para-hydroxylation sites is 1. The molecule has 122 valence electrons. The van der Waals surface area contributed by atoms with Gasteiger partial charge in [0.2, 0.25) is 0 Å². The molecule has 2 aromatic carbocycles. The molecule has 0 heterocycles. The molecule has 0 radical (unpaired) electrons. The van der Waals surface area contributed by atoms with E-state index in [9.17, 15) is 9.18 Å². The number of rotatable bonds is 7. The van der Waals surface area contributed by atoms with Gasteiger partial charge in [-0.1, -0.05) is 29.8 Å². The van der Waals surface area contributed by atoms with E-state index in [1.54, 1.807) is 0 Å². The Bertz CT molecular complexity index is 652. The Balaban J connectivity index is 1.74. The van der Waals surface area contributed by atoms with Crippen molar-refractivity contribution in [1.82, 2.24) is 0 Å². The second kappa shape index (κ2) is 8.50. The van der Waals surface area contributed by atoms with Crippen LogP contribution in [0.3, 0.4) is 0 Å². The van der Waals surface area contributed by atoms with Crippen molar-refractivity contribution in [3.05, 3.63) is 59.4 Å². The average Bonchev–Trinajstić information content (AvgIpc) is 2.51. The first-order valence-corrected chi connectivity index (χ1v) is 7.66. The molecule has 2 rings (SSSR count). The highest BCUT2D eigenvalue weighted by molar-refractivity contribution is 6.30. The fourth-order valence-electron chi connectivity index (χ4n) is 2.01. The van der Waals surface area contributed by atoms with Crippen LogP contribution in [0.15, 0.2) is 48.5 Å². The highest BCUT2D eigenvalue weighted by atomic mass is 35.5. The Kier molecular flexibility index (Phi) is 6.38. The van der Waals surface area contributed by atoms with Crippen molar-refractivity contribution in [2.75, 3.05) is 32.1 Å². The number of carbonyl (C=O) groups excluding carboxylic acids is 1. The number of benzene rings is 2. The van der Waals surface area contributed by atoms with E-state index >= 15 is 0 Å². The summed E-state index contributed by atoms with van der Waals surface area (Å²) in [7, 11) is 1.88. The minimum atomic E-state index is -0.545. The summed E-state index contributed by atoms with van der Waals surface area (Å²) < 4.78 is 19.2. The summed E-state index contributed by atoms with van der Waals surface area (Å²) in [6.45, 7) is 1.38. The maximum Gasteiger partial charge on any atom is 0.279 e. The Morgan fingerprint density at radius 3 is 2.70 bits per heavy atom. The molecule has 0 bridgehead atoms. The van der Waals surface area contributed by atoms with Gasteiger partial charge in [-0.25, -0.2) is 4.39 Å². The van der Waals surface area contributed by atoms with E-state index in [4.69, 9.17) is 16.3 Å². The molecular formula is C17H19ClFN2O2+. The standard InChI is InChI=1S/C17H18ClFN2O2/c1-21(9-10-23-14-5-3-2-4-6-14)12-17(22)20-16-8-7-13(18)11-15(16)19/h2-8,11H,9-10,12H2,1H3,(H,20,22)/p+1. The Labute approximate surface area is 139 Å². The summed E-state index contributed by atoms with van der Waals surface area (Å²) in [5, 5.41) is 2.84. The van der Waals surface area contributed by atoms with Crippen molar-refractivity contribution >= 4 is 23.2 Å². The van der Waals surface area contributed by atoms with Gasteiger partial charge in [-0.15, -0.1) is 0 Å². The van der Waals surface area contributed by atoms with Gasteiger partial charge in [0.25, 0.3) is 5.91 Å². The van der Waals surface area contributed by atoms with Crippen LogP contribution in [0.2, 0.25) is 5.02 Å². The highest BCUT2D eigenvalue weighted by Gasteiger charge is 2.12. The van der Waals surface area contributed by atoms with E-state index < -0.39 is 5.82 Å². The van der Waals surface area contributed by atoms with Gasteiger partial charge < -0.3 is 15.0 Å². The number of ether oxygens (including phenoxy) is 1. The van der Waals surface area contributed by atoms with E-state index in [2.05, 4.69) is 5.32 Å². The zero-order valence-corrected chi connectivity index (χ0v) is 13.6. The average molecular weight is 338 g/mol. The lowest BCUT2D eigenvalue weighted by molar-refractivity contribution is -0.871. The van der Waals surface area contributed by atoms with Crippen LogP contribution >= 0.6 is 11.6 Å². The zero-order valence-electron chi connectivity index (χ0n) is 12.8. The normalized spacial score (nSPS) is 11.8. The number of hydrogen-bond donors (Lipinski definition) is 2. The fourth-order valence-corrected chi connectivity index (χ4v) is 2.17. The van der Waals surface area contributed by atoms with Gasteiger partial charge in [0.05, 0.1) is 12.7 Å². The van der Waals surface area contributed by atoms with Gasteiger partial charge in [0, 0.05) is 5.02 Å². The van der Waals surface area contributed by atoms with Crippen molar-refractivity contribution in [1.29, 1.82) is 0 Å². The highest BCUT2D eigenvalue weighted by Crippen LogP contribution is 2.18. The van der Waals surface area contributed by atoms with Crippen LogP contribution in [0, 0.1) is 5.82 Å². The van der Waals surface area contributed by atoms with Gasteiger partial charge >= 0.3 is 0 Å². The Hall–Kier alpha value is -2.11. The molecule has 1 atom stereocenters. The number of nitrogens with one attached hydrogen (secondary N) is 2. The number of quaternary nitrogens is 1. The maximum absolute atomic E-state index is 13.6. The monoisotopic (exact) mass is 337 g/mol. The molecule has 0 aliphatic rings. The third-order valence-corrected chi connectivity index (χ3v) is 3.44. The van der Waals surface area contributed by atoms with Gasteiger partial charge in [0.15, 0.2) is 6.54 Å². The van der Waals surface area contributed by atoms with E-state index in [1.807, 2.05) is 37.4 Å². The molecule has 6 heteroatoms. The molecule has 0 fully saturated rings. The first-order valence-electron chi connectivity index (χ1n) is 7.28. The fraction of sp³-hybridized carbons (Fsp3) is 0.235. The van der Waals surface area contributed by atoms with Gasteiger partial charge in [0.1, 0.15) is 24.7 Å². The summed E-state index contributed by atoms with van der Waals surface area (Å²) in [6.07, 6.45) is 0. The minimum absolute atomic E-state index is 0.132. The Morgan fingerprint density at radius 2 is 2.00 bits per heavy atom. The van der Waals surface area contributed by atoms with Gasteiger partial charge in [-0.3, -0.25) is 4.79 Å². The molecule has 2 N–H and O–H groups in total. The third kappa shape index (κ3) is 5.88. The van der Waals surface area contributed by atoms with Crippen LogP contribution in [0.25, 0.3) is 0 Å². The molecule has 0 aromatic heterocycles. The van der Waals surface area contributed by atoms with Crippen LogP contribution in [0.1, 0.15) is 0 Å². The van der Waals surface area contributed by atoms with E-state index in [0.29, 0.717) is 18.2 Å². The molecule has 0 aliphatic heterocycles. The second-order valence-corrected chi connectivity index (χ2v) is 5.65. The molecule has 0 saturated carbocycles. The van der Waals surface area contributed by atoms with Crippen LogP contribution < -0.4 is 15.0 Å². The van der Waals surface area contributed by atoms with Crippen LogP contribution in [-0.2, 0) is 4.79 Å². The van der Waals surface area contributed by atoms with Crippen LogP contribution in [0.4, 0.5) is 10.1 Å². The van der Waals surface area contributed by atoms with Crippen molar-refractivity contribution < 1.29 is 18.8 Å². The molecule has 0 aliphatic carbocycles. The number of anilines is 1. The summed E-state index contributed by atoms with van der Waals surface area (Å²) in [5.41, 5.74) is 0.132. The van der Waals surface area contributed by atoms with Crippen LogP contribution in [-0.4, -0.2) is 32.7 Å². The molecule has 1 unspecified atom stereocenters. The summed E-state index contributed by atoms with van der Waals surface area (Å²) in [6, 6.07) is 13.6. The minimum Gasteiger partial charge on any atom is -0.488 e. The Morgan fingerprint density at radius 1 is 1.26 bits per heavy atom. The smallest absolute Gasteiger partial charge is 0.279 e. The number of halogens is 2. The van der Waals surface area contributed by atoms with Gasteiger partial charge in [-0.05, 0) is 30.3 Å². The molecule has 2 aromatic rings. The van der Waals surface area contributed by atoms with Crippen molar-refractivity contribution in [2.45, 2.75) is 0 Å². The van der Waals surface area contributed by atoms with Crippen LogP contribution in [0.5, 0.6) is 5.75 Å². The van der Waals surface area contributed by atoms with Crippen molar-refractivity contribution in [3.63, 3.8) is 0 Å². The molecule has 4 nitrogen and oxygen atoms in total. The quantitative estimate of drug-likeness (QED) is 0.811. The predicted octanol–water partition coefficient (Wildman–Crippen LogP) is 2.01. The van der Waals surface area contributed by atoms with E-state index in [0.717, 1.165) is 10.6 Å². The molecular weight excluding hydrogens is 319 g/mol. The third-order valence-electron chi connectivity index (χ3n) is 3.21. The van der Waals surface area contributed by atoms with E-state index in [1.165, 1.54) is 18.2 Å². The summed E-state index contributed by atoms with van der Waals surface area (Å²) in [5.74, 6) is -0.00710. The van der Waals surface area contributed by atoms with E-state index in [-0.39, 0.29) is 18.1 Å². The lowest BCUT2D eigenvalue weighted by Crippen LogP contribution is -3.10. The van der Waals surface area contributed by atoms with Crippen molar-refractivity contribution in [2.24, 2.45) is 0 Å². The van der Waals surface area contributed by atoms with Gasteiger partial charge in [-0.2, -0.15) is 0 Å². The first-order chi connectivity index (χ1) is 11.0. The maximum atomic E-state index is 13.6. The predicted molar refractivity (Wildman–Crippen MR) is 88.6 cm³/mol. The number of likely N-dealkylation sites (N-methyl/N-ethyl adjacent to an activating group) is 1.